The molecule has 11 nitrogen and oxygen atoms in total. The third-order valence-electron chi connectivity index (χ3n) is 4.63. The van der Waals surface area contributed by atoms with E-state index in [-0.39, 0.29) is 11.6 Å². The Morgan fingerprint density at radius 2 is 1.25 bits per heavy atom. The van der Waals surface area contributed by atoms with Crippen molar-refractivity contribution in [2.24, 2.45) is 20.5 Å². The first kappa shape index (κ1) is 20.7. The minimum absolute atomic E-state index is 0.144. The van der Waals surface area contributed by atoms with E-state index in [0.717, 1.165) is 11.5 Å². The topological polar surface area (TPSA) is 150 Å². The Hall–Kier alpha value is -4.54. The average Bonchev–Trinajstić information content (AvgIpc) is 3.13. The van der Waals surface area contributed by atoms with Crippen LogP contribution in [0.3, 0.4) is 0 Å². The molecule has 0 aliphatic heterocycles. The fourth-order valence-electron chi connectivity index (χ4n) is 2.92. The molecule has 11 heteroatoms. The highest BCUT2D eigenvalue weighted by Gasteiger charge is 2.18. The number of hydrogen-bond acceptors (Lipinski definition) is 10. The van der Waals surface area contributed by atoms with Gasteiger partial charge in [-0.05, 0) is 55.5 Å². The standard InChI is InChI=1S/C21H21N9O2/c1-12-17(27-25-13-4-8-15(31-2)9-5-13)20(23)30-21(24-12)18(19(22)29-30)28-26-14-6-10-16(32-3)11-7-14/h4-11H,23H2,1-3H3,(H2,22,29). The highest BCUT2D eigenvalue weighted by Crippen LogP contribution is 2.35. The molecule has 0 saturated carbocycles. The summed E-state index contributed by atoms with van der Waals surface area (Å²) in [6.07, 6.45) is 0. The summed E-state index contributed by atoms with van der Waals surface area (Å²) in [7, 11) is 3.20. The summed E-state index contributed by atoms with van der Waals surface area (Å²) in [5.74, 6) is 1.83. The molecule has 0 amide bonds. The third kappa shape index (κ3) is 4.03. The van der Waals surface area contributed by atoms with E-state index in [0.29, 0.717) is 34.1 Å². The predicted octanol–water partition coefficient (Wildman–Crippen LogP) is 5.05. The van der Waals surface area contributed by atoms with Gasteiger partial charge in [0.05, 0.1) is 31.3 Å². The molecule has 4 rings (SSSR count). The van der Waals surface area contributed by atoms with Gasteiger partial charge >= 0.3 is 0 Å². The van der Waals surface area contributed by atoms with Gasteiger partial charge in [-0.1, -0.05) is 0 Å². The van der Waals surface area contributed by atoms with Crippen LogP contribution in [0.4, 0.5) is 34.4 Å². The van der Waals surface area contributed by atoms with Crippen LogP contribution in [0.15, 0.2) is 69.0 Å². The zero-order valence-corrected chi connectivity index (χ0v) is 17.7. The lowest BCUT2D eigenvalue weighted by atomic mass is 10.3. The van der Waals surface area contributed by atoms with Crippen LogP contribution in [0, 0.1) is 6.92 Å². The van der Waals surface area contributed by atoms with Crippen molar-refractivity contribution in [2.45, 2.75) is 6.92 Å². The second-order valence-corrected chi connectivity index (χ2v) is 6.70. The Morgan fingerprint density at radius 1 is 0.750 bits per heavy atom. The van der Waals surface area contributed by atoms with E-state index < -0.39 is 0 Å². The van der Waals surface area contributed by atoms with Crippen LogP contribution < -0.4 is 20.9 Å². The Kier molecular flexibility index (Phi) is 5.62. The lowest BCUT2D eigenvalue weighted by Gasteiger charge is -2.05. The van der Waals surface area contributed by atoms with Crippen molar-refractivity contribution < 1.29 is 9.47 Å². The summed E-state index contributed by atoms with van der Waals surface area (Å²) in [5.41, 5.74) is 15.2. The molecule has 0 atom stereocenters. The Morgan fingerprint density at radius 3 is 1.75 bits per heavy atom. The Labute approximate surface area is 183 Å². The number of anilines is 2. The number of rotatable bonds is 6. The molecule has 2 heterocycles. The van der Waals surface area contributed by atoms with Gasteiger partial charge in [0.2, 0.25) is 0 Å². The Balaban J connectivity index is 1.68. The number of nitrogens with zero attached hydrogens (tertiary/aromatic N) is 7. The molecule has 0 fully saturated rings. The molecule has 0 spiro atoms. The molecule has 0 saturated heterocycles. The molecule has 0 aliphatic rings. The molecular weight excluding hydrogens is 410 g/mol. The second kappa shape index (κ2) is 8.68. The first-order chi connectivity index (χ1) is 15.5. The number of hydrogen-bond donors (Lipinski definition) is 2. The molecule has 0 unspecified atom stereocenters. The van der Waals surface area contributed by atoms with Gasteiger partial charge in [0, 0.05) is 0 Å². The first-order valence-corrected chi connectivity index (χ1v) is 9.56. The number of methoxy groups -OCH3 is 2. The minimum atomic E-state index is 0.144. The zero-order chi connectivity index (χ0) is 22.7. The lowest BCUT2D eigenvalue weighted by molar-refractivity contribution is 0.414. The quantitative estimate of drug-likeness (QED) is 0.408. The smallest absolute Gasteiger partial charge is 0.187 e. The second-order valence-electron chi connectivity index (χ2n) is 6.70. The van der Waals surface area contributed by atoms with Gasteiger partial charge in [0.15, 0.2) is 23.0 Å². The number of azo groups is 2. The molecule has 4 aromatic rings. The largest absolute Gasteiger partial charge is 0.497 e. The average molecular weight is 431 g/mol. The summed E-state index contributed by atoms with van der Waals surface area (Å²) in [4.78, 5) is 4.53. The van der Waals surface area contributed by atoms with Crippen LogP contribution in [-0.4, -0.2) is 28.8 Å². The molecule has 162 valence electrons. The van der Waals surface area contributed by atoms with Crippen LogP contribution in [0.2, 0.25) is 0 Å². The van der Waals surface area contributed by atoms with Gasteiger partial charge in [0.25, 0.3) is 0 Å². The number of benzene rings is 2. The van der Waals surface area contributed by atoms with Crippen molar-refractivity contribution in [3.05, 3.63) is 54.2 Å². The summed E-state index contributed by atoms with van der Waals surface area (Å²) < 4.78 is 11.7. The number of nitrogens with two attached hydrogens (primary N) is 2. The molecule has 0 bridgehead atoms. The maximum Gasteiger partial charge on any atom is 0.187 e. The molecule has 32 heavy (non-hydrogen) atoms. The number of aromatic nitrogens is 3. The molecule has 4 N–H and O–H groups in total. The van der Waals surface area contributed by atoms with Crippen LogP contribution in [0.25, 0.3) is 5.65 Å². The maximum absolute atomic E-state index is 6.30. The van der Waals surface area contributed by atoms with E-state index in [9.17, 15) is 0 Å². The van der Waals surface area contributed by atoms with Crippen LogP contribution in [-0.2, 0) is 0 Å². The van der Waals surface area contributed by atoms with Gasteiger partial charge in [-0.2, -0.15) is 14.7 Å². The monoisotopic (exact) mass is 431 g/mol. The van der Waals surface area contributed by atoms with Crippen LogP contribution in [0.1, 0.15) is 5.69 Å². The summed E-state index contributed by atoms with van der Waals surface area (Å²) >= 11 is 0. The van der Waals surface area contributed by atoms with E-state index in [4.69, 9.17) is 20.9 Å². The summed E-state index contributed by atoms with van der Waals surface area (Å²) in [6, 6.07) is 14.3. The van der Waals surface area contributed by atoms with Crippen molar-refractivity contribution in [1.29, 1.82) is 0 Å². The van der Waals surface area contributed by atoms with E-state index in [2.05, 4.69) is 30.5 Å². The van der Waals surface area contributed by atoms with Crippen molar-refractivity contribution in [3.63, 3.8) is 0 Å². The SMILES string of the molecule is COc1ccc(N=Nc2c(C)nc3c(N=Nc4ccc(OC)cc4)c(N)nn3c2N)cc1. The minimum Gasteiger partial charge on any atom is -0.497 e. The van der Waals surface area contributed by atoms with Crippen LogP contribution >= 0.6 is 0 Å². The molecular formula is C21H21N9O2. The van der Waals surface area contributed by atoms with Gasteiger partial charge < -0.3 is 20.9 Å². The van der Waals surface area contributed by atoms with E-state index in [1.807, 2.05) is 0 Å². The molecule has 2 aromatic carbocycles. The van der Waals surface area contributed by atoms with E-state index in [1.54, 1.807) is 69.7 Å². The van der Waals surface area contributed by atoms with Gasteiger partial charge in [-0.25, -0.2) is 4.98 Å². The van der Waals surface area contributed by atoms with Crippen molar-refractivity contribution >= 4 is 40.0 Å². The van der Waals surface area contributed by atoms with E-state index in [1.165, 1.54) is 4.52 Å². The van der Waals surface area contributed by atoms with Crippen molar-refractivity contribution in [1.82, 2.24) is 14.6 Å². The fraction of sp³-hybridized carbons (Fsp3) is 0.143. The highest BCUT2D eigenvalue weighted by molar-refractivity contribution is 5.79. The third-order valence-corrected chi connectivity index (χ3v) is 4.63. The van der Waals surface area contributed by atoms with E-state index >= 15 is 0 Å². The molecule has 2 aromatic heterocycles. The number of aryl methyl sites for hydroxylation is 1. The fourth-order valence-corrected chi connectivity index (χ4v) is 2.92. The van der Waals surface area contributed by atoms with Crippen molar-refractivity contribution in [3.8, 4) is 11.5 Å². The van der Waals surface area contributed by atoms with Gasteiger partial charge in [0.1, 0.15) is 17.2 Å². The number of ether oxygens (including phenoxy) is 2. The number of fused-ring (bicyclic) bond motifs is 1. The lowest BCUT2D eigenvalue weighted by Crippen LogP contribution is -2.02. The maximum atomic E-state index is 6.30. The summed E-state index contributed by atoms with van der Waals surface area (Å²) in [5, 5.41) is 21.2. The Bertz CT molecular complexity index is 1310. The zero-order valence-electron chi connectivity index (χ0n) is 17.7. The first-order valence-electron chi connectivity index (χ1n) is 9.56. The van der Waals surface area contributed by atoms with Crippen LogP contribution in [0.5, 0.6) is 11.5 Å². The predicted molar refractivity (Wildman–Crippen MR) is 121 cm³/mol. The normalized spacial score (nSPS) is 11.6. The highest BCUT2D eigenvalue weighted by atomic mass is 16.5. The molecule has 0 radical (unpaired) electrons. The van der Waals surface area contributed by atoms with Gasteiger partial charge in [-0.3, -0.25) is 0 Å². The van der Waals surface area contributed by atoms with Gasteiger partial charge in [-0.15, -0.1) is 15.3 Å². The number of nitrogen functional groups attached to an aromatic ring is 2. The molecule has 0 aliphatic carbocycles. The summed E-state index contributed by atoms with van der Waals surface area (Å²) in [6.45, 7) is 1.77. The van der Waals surface area contributed by atoms with Crippen molar-refractivity contribution in [2.75, 3.05) is 25.7 Å².